The van der Waals surface area contributed by atoms with Crippen molar-refractivity contribution in [1.82, 2.24) is 15.3 Å². The van der Waals surface area contributed by atoms with Crippen LogP contribution in [0.15, 0.2) is 85.1 Å². The summed E-state index contributed by atoms with van der Waals surface area (Å²) in [6.07, 6.45) is 2.12. The second kappa shape index (κ2) is 9.85. The number of amides is 1. The highest BCUT2D eigenvalue weighted by atomic mass is 16.1. The third kappa shape index (κ3) is 5.36. The van der Waals surface area contributed by atoms with Crippen LogP contribution >= 0.6 is 0 Å². The lowest BCUT2D eigenvalue weighted by Gasteiger charge is -2.09. The fraction of sp³-hybridized carbons (Fsp3) is 0.115. The van der Waals surface area contributed by atoms with Crippen LogP contribution in [0.25, 0.3) is 11.1 Å². The van der Waals surface area contributed by atoms with Gasteiger partial charge in [0.15, 0.2) is 11.5 Å². The molecular formula is C26H25N5O. The van der Waals surface area contributed by atoms with Gasteiger partial charge >= 0.3 is 0 Å². The maximum atomic E-state index is 11.4. The molecule has 0 atom stereocenters. The molecule has 4 aromatic rings. The van der Waals surface area contributed by atoms with Crippen LogP contribution in [0.3, 0.4) is 0 Å². The quantitative estimate of drug-likeness (QED) is 0.401. The van der Waals surface area contributed by atoms with Crippen LogP contribution < -0.4 is 16.8 Å². The Balaban J connectivity index is 1.34. The number of rotatable bonds is 8. The monoisotopic (exact) mass is 423 g/mol. The lowest BCUT2D eigenvalue weighted by molar-refractivity contribution is 0.0996. The number of nitrogens with one attached hydrogen (secondary N) is 1. The number of carbonyl (C=O) groups is 1. The van der Waals surface area contributed by atoms with Crippen molar-refractivity contribution in [3.05, 3.63) is 113 Å². The molecular weight excluding hydrogens is 398 g/mol. The van der Waals surface area contributed by atoms with Gasteiger partial charge in [0.2, 0.25) is 0 Å². The van der Waals surface area contributed by atoms with E-state index in [4.69, 9.17) is 11.5 Å². The summed E-state index contributed by atoms with van der Waals surface area (Å²) in [4.78, 5) is 19.7. The smallest absolute Gasteiger partial charge is 0.271 e. The lowest BCUT2D eigenvalue weighted by Crippen LogP contribution is -2.17. The minimum absolute atomic E-state index is 0.0126. The first-order valence-corrected chi connectivity index (χ1v) is 10.4. The summed E-state index contributed by atoms with van der Waals surface area (Å²) in [5, 5.41) is 3.49. The first-order chi connectivity index (χ1) is 15.6. The first kappa shape index (κ1) is 21.2. The van der Waals surface area contributed by atoms with E-state index >= 15 is 0 Å². The molecule has 0 radical (unpaired) electrons. The highest BCUT2D eigenvalue weighted by Crippen LogP contribution is 2.19. The van der Waals surface area contributed by atoms with Crippen LogP contribution in [0, 0.1) is 0 Å². The maximum absolute atomic E-state index is 11.4. The topological polar surface area (TPSA) is 107 Å². The molecule has 1 amide bonds. The van der Waals surface area contributed by atoms with Crippen molar-refractivity contribution in [1.29, 1.82) is 0 Å². The van der Waals surface area contributed by atoms with Gasteiger partial charge in [0.05, 0.1) is 11.9 Å². The van der Waals surface area contributed by atoms with E-state index in [1.165, 1.54) is 22.3 Å². The molecule has 160 valence electrons. The van der Waals surface area contributed by atoms with Gasteiger partial charge < -0.3 is 16.8 Å². The van der Waals surface area contributed by atoms with Gasteiger partial charge in [-0.05, 0) is 27.8 Å². The van der Waals surface area contributed by atoms with Crippen molar-refractivity contribution >= 4 is 11.7 Å². The van der Waals surface area contributed by atoms with Crippen molar-refractivity contribution in [2.45, 2.75) is 19.5 Å². The molecule has 1 aromatic heterocycles. The Morgan fingerprint density at radius 1 is 0.812 bits per heavy atom. The van der Waals surface area contributed by atoms with Crippen LogP contribution in [0.5, 0.6) is 0 Å². The molecule has 3 aromatic carbocycles. The number of benzene rings is 3. The number of nitrogens with zero attached hydrogens (tertiary/aromatic N) is 2. The van der Waals surface area contributed by atoms with Gasteiger partial charge in [-0.3, -0.25) is 4.79 Å². The third-order valence-corrected chi connectivity index (χ3v) is 5.18. The molecule has 6 nitrogen and oxygen atoms in total. The lowest BCUT2D eigenvalue weighted by atomic mass is 10.0. The van der Waals surface area contributed by atoms with Gasteiger partial charge in [-0.25, -0.2) is 9.97 Å². The summed E-state index contributed by atoms with van der Waals surface area (Å²) in [6.45, 7) is 1.53. The zero-order valence-corrected chi connectivity index (χ0v) is 17.7. The highest BCUT2D eigenvalue weighted by Gasteiger charge is 2.10. The van der Waals surface area contributed by atoms with E-state index in [-0.39, 0.29) is 11.5 Å². The molecule has 0 saturated carbocycles. The summed E-state index contributed by atoms with van der Waals surface area (Å²) in [5.41, 5.74) is 17.6. The van der Waals surface area contributed by atoms with Crippen molar-refractivity contribution in [3.8, 4) is 11.1 Å². The highest BCUT2D eigenvalue weighted by molar-refractivity contribution is 5.94. The van der Waals surface area contributed by atoms with Gasteiger partial charge in [0, 0.05) is 19.5 Å². The molecule has 0 unspecified atom stereocenters. The second-order valence-electron chi connectivity index (χ2n) is 7.62. The van der Waals surface area contributed by atoms with E-state index in [1.54, 1.807) is 6.20 Å². The van der Waals surface area contributed by atoms with Gasteiger partial charge in [-0.2, -0.15) is 0 Å². The fourth-order valence-electron chi connectivity index (χ4n) is 3.56. The van der Waals surface area contributed by atoms with Gasteiger partial charge in [-0.15, -0.1) is 0 Å². The normalized spacial score (nSPS) is 10.8. The number of primary amides is 1. The number of hydrogen-bond acceptors (Lipinski definition) is 5. The summed E-state index contributed by atoms with van der Waals surface area (Å²) in [5.74, 6) is -0.623. The standard InChI is InChI=1S/C26H25N5O/c27-25-24(26(28)32)31-23(17-30-25)14-19-5-4-6-20(13-19)16-29-15-18-9-11-22(12-10-18)21-7-2-1-3-8-21/h1-13,17,29H,14-16H2,(H2,27,30)(H2,28,32). The van der Waals surface area contributed by atoms with E-state index in [2.05, 4.69) is 75.9 Å². The van der Waals surface area contributed by atoms with E-state index in [1.807, 2.05) is 18.2 Å². The summed E-state index contributed by atoms with van der Waals surface area (Å²) < 4.78 is 0. The molecule has 4 rings (SSSR count). The van der Waals surface area contributed by atoms with E-state index in [0.29, 0.717) is 12.1 Å². The van der Waals surface area contributed by atoms with Crippen LogP contribution in [-0.4, -0.2) is 15.9 Å². The second-order valence-corrected chi connectivity index (χ2v) is 7.62. The molecule has 0 saturated heterocycles. The van der Waals surface area contributed by atoms with E-state index in [0.717, 1.165) is 18.7 Å². The van der Waals surface area contributed by atoms with Crippen LogP contribution in [0.1, 0.15) is 32.9 Å². The Kier molecular flexibility index (Phi) is 6.53. The number of aromatic nitrogens is 2. The minimum atomic E-state index is -0.674. The largest absolute Gasteiger partial charge is 0.382 e. The Hall–Kier alpha value is -4.03. The van der Waals surface area contributed by atoms with Gasteiger partial charge in [-0.1, -0.05) is 78.9 Å². The summed E-state index contributed by atoms with van der Waals surface area (Å²) in [6, 6.07) is 27.2. The number of nitrogen functional groups attached to an aromatic ring is 1. The van der Waals surface area contributed by atoms with E-state index in [9.17, 15) is 4.79 Å². The molecule has 6 heteroatoms. The molecule has 0 aliphatic heterocycles. The predicted molar refractivity (Wildman–Crippen MR) is 127 cm³/mol. The molecule has 32 heavy (non-hydrogen) atoms. The molecule has 0 bridgehead atoms. The van der Waals surface area contributed by atoms with Crippen LogP contribution in [0.4, 0.5) is 5.82 Å². The average Bonchev–Trinajstić information content (AvgIpc) is 2.81. The van der Waals surface area contributed by atoms with Crippen molar-refractivity contribution in [3.63, 3.8) is 0 Å². The fourth-order valence-corrected chi connectivity index (χ4v) is 3.56. The van der Waals surface area contributed by atoms with Crippen LogP contribution in [-0.2, 0) is 19.5 Å². The number of anilines is 1. The Morgan fingerprint density at radius 3 is 2.25 bits per heavy atom. The Bertz CT molecular complexity index is 1210. The van der Waals surface area contributed by atoms with Gasteiger partial charge in [0.25, 0.3) is 5.91 Å². The molecule has 1 heterocycles. The van der Waals surface area contributed by atoms with E-state index < -0.39 is 5.91 Å². The van der Waals surface area contributed by atoms with Crippen molar-refractivity contribution < 1.29 is 4.79 Å². The first-order valence-electron chi connectivity index (χ1n) is 10.4. The van der Waals surface area contributed by atoms with Crippen LogP contribution in [0.2, 0.25) is 0 Å². The SMILES string of the molecule is NC(=O)c1nc(Cc2cccc(CNCc3ccc(-c4ccccc4)cc3)c2)cnc1N. The third-order valence-electron chi connectivity index (χ3n) is 5.18. The zero-order valence-electron chi connectivity index (χ0n) is 17.7. The minimum Gasteiger partial charge on any atom is -0.382 e. The Morgan fingerprint density at radius 2 is 1.50 bits per heavy atom. The Labute approximate surface area is 187 Å². The van der Waals surface area contributed by atoms with Crippen molar-refractivity contribution in [2.75, 3.05) is 5.73 Å². The number of carbonyl (C=O) groups excluding carboxylic acids is 1. The zero-order chi connectivity index (χ0) is 22.3. The average molecular weight is 424 g/mol. The van der Waals surface area contributed by atoms with Gasteiger partial charge in [0.1, 0.15) is 0 Å². The molecule has 0 fully saturated rings. The number of nitrogens with two attached hydrogens (primary N) is 2. The maximum Gasteiger partial charge on any atom is 0.271 e. The molecule has 0 aliphatic rings. The molecule has 5 N–H and O–H groups in total. The molecule has 0 spiro atoms. The number of hydrogen-bond donors (Lipinski definition) is 3. The summed E-state index contributed by atoms with van der Waals surface area (Å²) >= 11 is 0. The van der Waals surface area contributed by atoms with Crippen molar-refractivity contribution in [2.24, 2.45) is 5.73 Å². The molecule has 0 aliphatic carbocycles. The summed E-state index contributed by atoms with van der Waals surface area (Å²) in [7, 11) is 0. The predicted octanol–water partition coefficient (Wildman–Crippen LogP) is 3.71.